The third-order valence-corrected chi connectivity index (χ3v) is 5.57. The van der Waals surface area contributed by atoms with E-state index in [1.54, 1.807) is 14.0 Å². The quantitative estimate of drug-likeness (QED) is 0.379. The van der Waals surface area contributed by atoms with Crippen LogP contribution in [0.15, 0.2) is 12.1 Å². The Balaban J connectivity index is 2.31. The lowest BCUT2D eigenvalue weighted by atomic mass is 9.90. The lowest BCUT2D eigenvalue weighted by Crippen LogP contribution is -2.13. The number of rotatable bonds is 5. The minimum absolute atomic E-state index is 0.0189. The molecule has 2 atom stereocenters. The van der Waals surface area contributed by atoms with E-state index in [0.29, 0.717) is 23.2 Å². The zero-order valence-corrected chi connectivity index (χ0v) is 16.0. The summed E-state index contributed by atoms with van der Waals surface area (Å²) >= 11 is 6.28. The lowest BCUT2D eigenvalue weighted by molar-refractivity contribution is 0.0959. The van der Waals surface area contributed by atoms with Gasteiger partial charge in [0.05, 0.1) is 16.3 Å². The van der Waals surface area contributed by atoms with Crippen molar-refractivity contribution in [2.75, 3.05) is 18.1 Å². The van der Waals surface area contributed by atoms with Crippen molar-refractivity contribution in [3.05, 3.63) is 45.5 Å². The Morgan fingerprint density at radius 1 is 1.37 bits per heavy atom. The number of halogens is 3. The summed E-state index contributed by atoms with van der Waals surface area (Å²) in [6.45, 7) is 3.50. The highest BCUT2D eigenvalue weighted by atomic mass is 35.5. The van der Waals surface area contributed by atoms with Crippen LogP contribution in [0.4, 0.5) is 20.2 Å². The normalized spacial score (nSPS) is 18.3. The molecule has 2 unspecified atom stereocenters. The van der Waals surface area contributed by atoms with Crippen molar-refractivity contribution >= 4 is 35.0 Å². The van der Waals surface area contributed by atoms with Crippen LogP contribution in [0.5, 0.6) is 0 Å². The third kappa shape index (κ3) is 2.98. The summed E-state index contributed by atoms with van der Waals surface area (Å²) < 4.78 is 29.8. The Hall–Kier alpha value is -2.47. The maximum absolute atomic E-state index is 15.1. The zero-order valence-electron chi connectivity index (χ0n) is 15.2. The van der Waals surface area contributed by atoms with Gasteiger partial charge in [0.1, 0.15) is 5.82 Å². The summed E-state index contributed by atoms with van der Waals surface area (Å²) in [5.74, 6) is -2.00. The molecule has 7 heteroatoms. The van der Waals surface area contributed by atoms with Crippen molar-refractivity contribution in [1.82, 2.24) is 0 Å². The minimum atomic E-state index is -0.930. The molecule has 0 bridgehead atoms. The first-order valence-electron chi connectivity index (χ1n) is 8.56. The van der Waals surface area contributed by atoms with Crippen LogP contribution in [0.25, 0.3) is 11.1 Å². The number of nitrogens with one attached hydrogen (secondary N) is 2. The van der Waals surface area contributed by atoms with Gasteiger partial charge in [-0.25, -0.2) is 8.78 Å². The van der Waals surface area contributed by atoms with Gasteiger partial charge in [-0.05, 0) is 37.0 Å². The first-order valence-corrected chi connectivity index (χ1v) is 8.94. The molecule has 4 N–H and O–H groups in total. The molecule has 142 valence electrons. The average molecular weight is 392 g/mol. The van der Waals surface area contributed by atoms with Crippen molar-refractivity contribution < 1.29 is 13.6 Å². The number of benzene rings is 2. The molecular weight excluding hydrogens is 372 g/mol. The molecule has 1 saturated carbocycles. The van der Waals surface area contributed by atoms with Crippen molar-refractivity contribution in [2.45, 2.75) is 20.3 Å². The predicted molar refractivity (Wildman–Crippen MR) is 105 cm³/mol. The van der Waals surface area contributed by atoms with Gasteiger partial charge in [-0.3, -0.25) is 4.79 Å². The molecule has 0 radical (unpaired) electrons. The molecule has 0 amide bonds. The molecule has 1 aliphatic carbocycles. The molecule has 1 fully saturated rings. The van der Waals surface area contributed by atoms with E-state index < -0.39 is 11.6 Å². The first kappa shape index (κ1) is 19.3. The number of carbonyl (C=O) groups excluding carboxylic acids is 1. The second-order valence-electron chi connectivity index (χ2n) is 6.88. The number of hydrogen-bond donors (Lipinski definition) is 3. The maximum atomic E-state index is 15.1. The van der Waals surface area contributed by atoms with Crippen LogP contribution in [0.3, 0.4) is 0 Å². The molecule has 0 aromatic heterocycles. The number of nitrogen functional groups attached to an aromatic ring is 1. The Morgan fingerprint density at radius 2 is 2.00 bits per heavy atom. The average Bonchev–Trinajstić information content (AvgIpc) is 3.38. The minimum Gasteiger partial charge on any atom is -0.398 e. The highest BCUT2D eigenvalue weighted by molar-refractivity contribution is 6.35. The highest BCUT2D eigenvalue weighted by Crippen LogP contribution is 2.47. The van der Waals surface area contributed by atoms with Crippen molar-refractivity contribution in [3.63, 3.8) is 0 Å². The van der Waals surface area contributed by atoms with Crippen LogP contribution in [-0.4, -0.2) is 19.0 Å². The van der Waals surface area contributed by atoms with Gasteiger partial charge in [-0.15, -0.1) is 0 Å². The van der Waals surface area contributed by atoms with E-state index in [9.17, 15) is 9.18 Å². The Morgan fingerprint density at radius 3 is 2.52 bits per heavy atom. The fourth-order valence-corrected chi connectivity index (χ4v) is 3.79. The van der Waals surface area contributed by atoms with E-state index in [1.165, 1.54) is 12.1 Å². The van der Waals surface area contributed by atoms with E-state index in [0.717, 1.165) is 6.21 Å². The monoisotopic (exact) mass is 391 g/mol. The largest absolute Gasteiger partial charge is 0.398 e. The number of nitrogens with two attached hydrogens (primary N) is 1. The maximum Gasteiger partial charge on any atom is 0.171 e. The van der Waals surface area contributed by atoms with Crippen LogP contribution in [0.2, 0.25) is 5.02 Å². The van der Waals surface area contributed by atoms with Gasteiger partial charge in [0.15, 0.2) is 11.6 Å². The molecule has 0 spiro atoms. The molecule has 2 aromatic rings. The second kappa shape index (κ2) is 6.93. The van der Waals surface area contributed by atoms with Crippen LogP contribution in [-0.2, 0) is 0 Å². The first-order chi connectivity index (χ1) is 12.7. The third-order valence-electron chi connectivity index (χ3n) is 5.21. The number of carbonyl (C=O) groups is 1. The van der Waals surface area contributed by atoms with Gasteiger partial charge in [-0.2, -0.15) is 0 Å². The summed E-state index contributed by atoms with van der Waals surface area (Å²) in [5, 5.41) is 10.00. The van der Waals surface area contributed by atoms with Gasteiger partial charge in [0, 0.05) is 41.6 Å². The van der Waals surface area contributed by atoms with Gasteiger partial charge < -0.3 is 16.5 Å². The fraction of sp³-hybridized carbons (Fsp3) is 0.300. The molecule has 0 aliphatic heterocycles. The molecule has 2 aromatic carbocycles. The molecule has 4 nitrogen and oxygen atoms in total. The van der Waals surface area contributed by atoms with E-state index in [1.807, 2.05) is 6.92 Å². The van der Waals surface area contributed by atoms with Crippen LogP contribution >= 0.6 is 11.6 Å². The molecule has 3 rings (SSSR count). The SMILES string of the molecule is CNc1c(C=N)ccc(F)c1-c1c(C)c(N)c(C(=O)C2CC2C)c(F)c1Cl. The van der Waals surface area contributed by atoms with Crippen molar-refractivity contribution in [2.24, 2.45) is 11.8 Å². The summed E-state index contributed by atoms with van der Waals surface area (Å²) in [6, 6.07) is 2.62. The molecule has 27 heavy (non-hydrogen) atoms. The fourth-order valence-electron chi connectivity index (χ4n) is 3.46. The standard InChI is InChI=1S/C20H20ClF2N3O/c1-8-6-11(8)20(27)15-17(23)16(21)13(9(2)18(15)25)14-12(22)5-4-10(7-24)19(14)26-3/h4-5,7-8,11,24,26H,6,25H2,1-3H3. The lowest BCUT2D eigenvalue weighted by Gasteiger charge is -2.20. The van der Waals surface area contributed by atoms with E-state index >= 15 is 4.39 Å². The van der Waals surface area contributed by atoms with E-state index in [4.69, 9.17) is 22.7 Å². The molecule has 1 aliphatic rings. The van der Waals surface area contributed by atoms with Crippen molar-refractivity contribution in [3.8, 4) is 11.1 Å². The number of ketones is 1. The topological polar surface area (TPSA) is 79.0 Å². The number of hydrogen-bond acceptors (Lipinski definition) is 4. The zero-order chi connectivity index (χ0) is 20.0. The van der Waals surface area contributed by atoms with Crippen LogP contribution < -0.4 is 11.1 Å². The Labute approximate surface area is 161 Å². The molecule has 0 saturated heterocycles. The highest BCUT2D eigenvalue weighted by Gasteiger charge is 2.42. The summed E-state index contributed by atoms with van der Waals surface area (Å²) in [4.78, 5) is 12.6. The van der Waals surface area contributed by atoms with E-state index in [2.05, 4.69) is 5.32 Å². The summed E-state index contributed by atoms with van der Waals surface area (Å²) in [5.41, 5.74) is 7.00. The van der Waals surface area contributed by atoms with Gasteiger partial charge in [0.2, 0.25) is 0 Å². The van der Waals surface area contributed by atoms with Crippen LogP contribution in [0, 0.1) is 35.8 Å². The van der Waals surface area contributed by atoms with Crippen molar-refractivity contribution in [1.29, 1.82) is 5.41 Å². The van der Waals surface area contributed by atoms with Gasteiger partial charge in [-0.1, -0.05) is 18.5 Å². The Bertz CT molecular complexity index is 945. The molecule has 0 heterocycles. The number of anilines is 2. The van der Waals surface area contributed by atoms with Gasteiger partial charge in [0.25, 0.3) is 0 Å². The Kier molecular flexibility index (Phi) is 4.95. The van der Waals surface area contributed by atoms with Crippen LogP contribution in [0.1, 0.15) is 34.8 Å². The molecular formula is C20H20ClF2N3O. The van der Waals surface area contributed by atoms with E-state index in [-0.39, 0.29) is 45.0 Å². The summed E-state index contributed by atoms with van der Waals surface area (Å²) in [6.07, 6.45) is 1.75. The van der Waals surface area contributed by atoms with Gasteiger partial charge >= 0.3 is 0 Å². The predicted octanol–water partition coefficient (Wildman–Crippen LogP) is 5.05. The summed E-state index contributed by atoms with van der Waals surface area (Å²) in [7, 11) is 1.57. The second-order valence-corrected chi connectivity index (χ2v) is 7.26. The number of Topliss-reactive ketones (excluding diaryl/α,β-unsaturated/α-hetero) is 1. The smallest absolute Gasteiger partial charge is 0.171 e.